The normalized spacial score (nSPS) is 13.3. The molecule has 40 heavy (non-hydrogen) atoms. The van der Waals surface area contributed by atoms with Crippen molar-refractivity contribution >= 4 is 34.7 Å². The molecule has 5 rings (SSSR count). The minimum absolute atomic E-state index is 0.399. The van der Waals surface area contributed by atoms with Gasteiger partial charge in [-0.05, 0) is 85.0 Å². The Labute approximate surface area is 240 Å². The first-order chi connectivity index (χ1) is 19.2. The van der Waals surface area contributed by atoms with E-state index in [0.717, 1.165) is 22.0 Å². The fourth-order valence-electron chi connectivity index (χ4n) is 4.73. The molecule has 0 bridgehead atoms. The Morgan fingerprint density at radius 1 is 0.750 bits per heavy atom. The second-order valence-corrected chi connectivity index (χ2v) is 11.1. The Balaban J connectivity index is 1.71. The minimum Gasteiger partial charge on any atom is -0.497 e. The molecule has 1 unspecified atom stereocenters. The van der Waals surface area contributed by atoms with Crippen molar-refractivity contribution in [3.05, 3.63) is 136 Å². The molecule has 0 spiro atoms. The van der Waals surface area contributed by atoms with Crippen LogP contribution in [0.15, 0.2) is 103 Å². The Hall–Kier alpha value is -4.12. The van der Waals surface area contributed by atoms with Crippen LogP contribution in [0, 0.1) is 0 Å². The predicted molar refractivity (Wildman–Crippen MR) is 164 cm³/mol. The van der Waals surface area contributed by atoms with Gasteiger partial charge in [0.1, 0.15) is 17.0 Å². The maximum absolute atomic E-state index is 12.5. The van der Waals surface area contributed by atoms with E-state index in [4.69, 9.17) is 26.1 Å². The van der Waals surface area contributed by atoms with E-state index in [1.54, 1.807) is 19.2 Å². The monoisotopic (exact) mass is 549 g/mol. The molecule has 0 amide bonds. The molecule has 0 saturated heterocycles. The van der Waals surface area contributed by atoms with Gasteiger partial charge in [0.25, 0.3) is 0 Å². The Morgan fingerprint density at radius 3 is 2.00 bits per heavy atom. The number of ether oxygens (including phenoxy) is 2. The number of rotatable bonds is 7. The van der Waals surface area contributed by atoms with E-state index in [1.807, 2.05) is 99.6 Å². The van der Waals surface area contributed by atoms with Crippen LogP contribution in [-0.4, -0.2) is 22.8 Å². The minimum atomic E-state index is -1.45. The molecule has 202 valence electrons. The molecule has 4 aromatic carbocycles. The average Bonchev–Trinajstić information content (AvgIpc) is 2.95. The molecule has 1 atom stereocenters. The molecular weight excluding hydrogens is 518 g/mol. The molecule has 1 aromatic heterocycles. The fraction of sp³-hybridized carbons (Fsp3) is 0.171. The number of pyridine rings is 1. The lowest BCUT2D eigenvalue weighted by atomic mass is 9.80. The zero-order chi connectivity index (χ0) is 28.3. The van der Waals surface area contributed by atoms with Crippen molar-refractivity contribution in [2.24, 2.45) is 0 Å². The van der Waals surface area contributed by atoms with Crippen LogP contribution in [0.4, 0.5) is 0 Å². The van der Waals surface area contributed by atoms with Crippen LogP contribution in [0.25, 0.3) is 23.1 Å². The lowest BCUT2D eigenvalue weighted by molar-refractivity contribution is 0.124. The molecule has 0 saturated carbocycles. The highest BCUT2D eigenvalue weighted by Crippen LogP contribution is 2.40. The van der Waals surface area contributed by atoms with Crippen LogP contribution < -0.4 is 9.47 Å². The summed E-state index contributed by atoms with van der Waals surface area (Å²) in [5, 5.41) is 14.0. The van der Waals surface area contributed by atoms with Crippen LogP contribution >= 0.6 is 11.6 Å². The van der Waals surface area contributed by atoms with E-state index in [1.165, 1.54) is 0 Å². The maximum atomic E-state index is 12.5. The highest BCUT2D eigenvalue weighted by molar-refractivity contribution is 6.30. The van der Waals surface area contributed by atoms with Gasteiger partial charge >= 0.3 is 0 Å². The second-order valence-electron chi connectivity index (χ2n) is 10.7. The number of hydrogen-bond acceptors (Lipinski definition) is 4. The van der Waals surface area contributed by atoms with Crippen molar-refractivity contribution in [3.63, 3.8) is 0 Å². The number of aromatic nitrogens is 1. The standard InChI is InChI=1S/C35H32ClNO3/c1-34(2,3)40-33-22-25(11-10-24-8-6-5-7-9-24)31-23-28(16-21-32(31)37-33)35(38,26-12-17-29(36)18-13-26)27-14-19-30(39-4)20-15-27/h5-23,38H,1-4H3/b11-10+. The topological polar surface area (TPSA) is 51.6 Å². The summed E-state index contributed by atoms with van der Waals surface area (Å²) in [4.78, 5) is 4.81. The predicted octanol–water partition coefficient (Wildman–Crippen LogP) is 8.53. The summed E-state index contributed by atoms with van der Waals surface area (Å²) in [6, 6.07) is 32.7. The highest BCUT2D eigenvalue weighted by atomic mass is 35.5. The third-order valence-electron chi connectivity index (χ3n) is 6.67. The van der Waals surface area contributed by atoms with Crippen LogP contribution in [0.2, 0.25) is 5.02 Å². The smallest absolute Gasteiger partial charge is 0.214 e. The Kier molecular flexibility index (Phi) is 7.66. The number of nitrogens with zero attached hydrogens (tertiary/aromatic N) is 1. The molecular formula is C35H32ClNO3. The summed E-state index contributed by atoms with van der Waals surface area (Å²) in [5.41, 5.74) is 3.04. The molecule has 1 heterocycles. The van der Waals surface area contributed by atoms with E-state index in [9.17, 15) is 5.11 Å². The van der Waals surface area contributed by atoms with Gasteiger partial charge in [-0.2, -0.15) is 0 Å². The van der Waals surface area contributed by atoms with Gasteiger partial charge < -0.3 is 14.6 Å². The van der Waals surface area contributed by atoms with E-state index in [-0.39, 0.29) is 0 Å². The first kappa shape index (κ1) is 27.4. The second kappa shape index (κ2) is 11.2. The number of aliphatic hydroxyl groups is 1. The summed E-state index contributed by atoms with van der Waals surface area (Å²) < 4.78 is 11.5. The first-order valence-electron chi connectivity index (χ1n) is 13.2. The number of halogens is 1. The van der Waals surface area contributed by atoms with Crippen LogP contribution in [0.3, 0.4) is 0 Å². The summed E-state index contributed by atoms with van der Waals surface area (Å²) in [6.07, 6.45) is 4.13. The Bertz CT molecular complexity index is 1640. The molecule has 1 N–H and O–H groups in total. The van der Waals surface area contributed by atoms with E-state index < -0.39 is 11.2 Å². The zero-order valence-corrected chi connectivity index (χ0v) is 23.8. The quantitative estimate of drug-likeness (QED) is 0.207. The number of fused-ring (bicyclic) bond motifs is 1. The molecule has 4 nitrogen and oxygen atoms in total. The number of methoxy groups -OCH3 is 1. The molecule has 0 aliphatic heterocycles. The third-order valence-corrected chi connectivity index (χ3v) is 6.92. The summed E-state index contributed by atoms with van der Waals surface area (Å²) in [7, 11) is 1.62. The van der Waals surface area contributed by atoms with E-state index >= 15 is 0 Å². The van der Waals surface area contributed by atoms with Crippen molar-refractivity contribution < 1.29 is 14.6 Å². The third kappa shape index (κ3) is 5.89. The van der Waals surface area contributed by atoms with E-state index in [2.05, 4.69) is 24.3 Å². The largest absolute Gasteiger partial charge is 0.497 e. The molecule has 0 aliphatic carbocycles. The summed E-state index contributed by atoms with van der Waals surface area (Å²) >= 11 is 6.21. The van der Waals surface area contributed by atoms with Crippen molar-refractivity contribution in [1.82, 2.24) is 4.98 Å². The molecule has 5 heteroatoms. The van der Waals surface area contributed by atoms with Crippen LogP contribution in [0.5, 0.6) is 11.6 Å². The van der Waals surface area contributed by atoms with E-state index in [0.29, 0.717) is 33.3 Å². The zero-order valence-electron chi connectivity index (χ0n) is 23.1. The molecule has 0 fully saturated rings. The lowest BCUT2D eigenvalue weighted by Gasteiger charge is -2.31. The van der Waals surface area contributed by atoms with Gasteiger partial charge in [-0.1, -0.05) is 84.4 Å². The molecule has 0 aliphatic rings. The van der Waals surface area contributed by atoms with Gasteiger partial charge in [-0.3, -0.25) is 0 Å². The van der Waals surface area contributed by atoms with Gasteiger partial charge in [0.2, 0.25) is 5.88 Å². The van der Waals surface area contributed by atoms with Gasteiger partial charge in [-0.25, -0.2) is 4.98 Å². The lowest BCUT2D eigenvalue weighted by Crippen LogP contribution is -2.29. The van der Waals surface area contributed by atoms with Crippen molar-refractivity contribution in [3.8, 4) is 11.6 Å². The molecule has 0 radical (unpaired) electrons. The van der Waals surface area contributed by atoms with Crippen molar-refractivity contribution in [2.75, 3.05) is 7.11 Å². The van der Waals surface area contributed by atoms with Crippen molar-refractivity contribution in [1.29, 1.82) is 0 Å². The first-order valence-corrected chi connectivity index (χ1v) is 13.5. The molecule has 5 aromatic rings. The van der Waals surface area contributed by atoms with Crippen LogP contribution in [-0.2, 0) is 5.60 Å². The summed E-state index contributed by atoms with van der Waals surface area (Å²) in [5.74, 6) is 1.26. The van der Waals surface area contributed by atoms with Crippen LogP contribution in [0.1, 0.15) is 48.6 Å². The fourth-order valence-corrected chi connectivity index (χ4v) is 4.85. The highest BCUT2D eigenvalue weighted by Gasteiger charge is 2.34. The maximum Gasteiger partial charge on any atom is 0.214 e. The Morgan fingerprint density at radius 2 is 1.38 bits per heavy atom. The van der Waals surface area contributed by atoms with Gasteiger partial charge in [0, 0.05) is 16.5 Å². The van der Waals surface area contributed by atoms with Gasteiger partial charge in [0.05, 0.1) is 12.6 Å². The number of benzene rings is 4. The number of hydrogen-bond donors (Lipinski definition) is 1. The van der Waals surface area contributed by atoms with Gasteiger partial charge in [-0.15, -0.1) is 0 Å². The SMILES string of the molecule is COc1ccc(C(O)(c2ccc(Cl)cc2)c2ccc3nc(OC(C)(C)C)cc(/C=C/c4ccccc4)c3c2)cc1. The average molecular weight is 550 g/mol. The van der Waals surface area contributed by atoms with Crippen molar-refractivity contribution in [2.45, 2.75) is 32.0 Å². The van der Waals surface area contributed by atoms with Gasteiger partial charge in [0.15, 0.2) is 0 Å². The summed E-state index contributed by atoms with van der Waals surface area (Å²) in [6.45, 7) is 6.01.